The predicted octanol–water partition coefficient (Wildman–Crippen LogP) is 12.8. The van der Waals surface area contributed by atoms with E-state index in [-0.39, 0.29) is 13.4 Å². The molecule has 0 saturated carbocycles. The van der Waals surface area contributed by atoms with Gasteiger partial charge in [-0.1, -0.05) is 312 Å². The van der Waals surface area contributed by atoms with Crippen LogP contribution >= 0.6 is 0 Å². The first kappa shape index (κ1) is 41.3. The first-order valence-electron chi connectivity index (χ1n) is 25.0. The van der Waals surface area contributed by atoms with Gasteiger partial charge in [0.1, 0.15) is 0 Å². The molecule has 0 atom stereocenters. The van der Waals surface area contributed by atoms with Crippen molar-refractivity contribution in [2.24, 2.45) is 0 Å². The molecule has 13 aromatic carbocycles. The molecule has 71 heavy (non-hydrogen) atoms. The van der Waals surface area contributed by atoms with E-state index in [1.807, 2.05) is 0 Å². The van der Waals surface area contributed by atoms with E-state index in [9.17, 15) is 0 Å². The fourth-order valence-electron chi connectivity index (χ4n) is 12.8. The lowest BCUT2D eigenvalue weighted by Crippen LogP contribution is -2.53. The van der Waals surface area contributed by atoms with Crippen molar-refractivity contribution >= 4 is 100 Å². The molecule has 0 saturated heterocycles. The maximum absolute atomic E-state index is 2.60. The molecule has 0 aliphatic heterocycles. The van der Waals surface area contributed by atoms with Crippen LogP contribution in [0.2, 0.25) is 0 Å². The van der Waals surface area contributed by atoms with Gasteiger partial charge in [0.05, 0.1) is 5.41 Å². The minimum Gasteiger partial charge on any atom is -0.0682 e. The van der Waals surface area contributed by atoms with Crippen LogP contribution < -0.4 is 32.8 Å². The molecule has 0 fully saturated rings. The van der Waals surface area contributed by atoms with Crippen molar-refractivity contribution in [3.63, 3.8) is 0 Å². The molecular weight excluding hydrogens is 850 g/mol. The highest BCUT2D eigenvalue weighted by Crippen LogP contribution is 2.57. The van der Waals surface area contributed by atoms with Gasteiger partial charge in [-0.25, -0.2) is 0 Å². The lowest BCUT2D eigenvalue weighted by molar-refractivity contribution is 0.778. The second kappa shape index (κ2) is 16.8. The van der Waals surface area contributed by atoms with Crippen LogP contribution in [0.4, 0.5) is 0 Å². The van der Waals surface area contributed by atoms with Crippen LogP contribution in [0.25, 0.3) is 65.0 Å². The molecular formula is C69H46B2. The summed E-state index contributed by atoms with van der Waals surface area (Å²) in [5.74, 6) is 0. The van der Waals surface area contributed by atoms with Crippen molar-refractivity contribution in [1.82, 2.24) is 0 Å². The van der Waals surface area contributed by atoms with E-state index in [1.54, 1.807) is 0 Å². The first-order chi connectivity index (χ1) is 35.2. The Kier molecular flexibility index (Phi) is 9.74. The van der Waals surface area contributed by atoms with Gasteiger partial charge in [-0.3, -0.25) is 0 Å². The highest BCUT2D eigenvalue weighted by atomic mass is 14.5. The number of hydrogen-bond acceptors (Lipinski definition) is 0. The standard InChI is InChI=1S/C69H46B2/c1-2-29-52(30-3-1)69(62-36-14-24-47-19-4-9-31-55(47)62)63-45-53(70(65-37-15-25-48-20-5-10-32-56(48)65)66-38-16-26-49-21-6-11-33-57(49)66)41-43-60(63)61-44-42-54(46-64(61)69)71(67-39-17-27-50-22-7-12-34-58(50)67)68-40-18-28-51-23-8-13-35-59(51)68/h1-46H. The summed E-state index contributed by atoms with van der Waals surface area (Å²) in [7, 11) is 0. The summed E-state index contributed by atoms with van der Waals surface area (Å²) in [6.45, 7) is -0.111. The molecule has 0 amide bonds. The molecule has 328 valence electrons. The molecule has 2 heteroatoms. The van der Waals surface area contributed by atoms with Gasteiger partial charge in [0.2, 0.25) is 13.4 Å². The van der Waals surface area contributed by atoms with Gasteiger partial charge in [-0.05, 0) is 87.2 Å². The number of fused-ring (bicyclic) bond motifs is 8. The van der Waals surface area contributed by atoms with Gasteiger partial charge in [-0.15, -0.1) is 0 Å². The zero-order chi connectivity index (χ0) is 46.9. The largest absolute Gasteiger partial charge is 0.242 e. The monoisotopic (exact) mass is 896 g/mol. The molecule has 1 aliphatic carbocycles. The maximum Gasteiger partial charge on any atom is 0.242 e. The molecule has 0 N–H and O–H groups in total. The molecule has 0 spiro atoms. The van der Waals surface area contributed by atoms with Gasteiger partial charge in [0.25, 0.3) is 0 Å². The van der Waals surface area contributed by atoms with Crippen LogP contribution in [0, 0.1) is 0 Å². The van der Waals surface area contributed by atoms with Gasteiger partial charge >= 0.3 is 0 Å². The lowest BCUT2D eigenvalue weighted by Gasteiger charge is -2.36. The van der Waals surface area contributed by atoms with Gasteiger partial charge in [-0.2, -0.15) is 0 Å². The third-order valence-electron chi connectivity index (χ3n) is 15.8. The quantitative estimate of drug-likeness (QED) is 0.133. The van der Waals surface area contributed by atoms with Gasteiger partial charge in [0, 0.05) is 0 Å². The smallest absolute Gasteiger partial charge is 0.0682 e. The van der Waals surface area contributed by atoms with E-state index >= 15 is 0 Å². The number of benzene rings is 13. The van der Waals surface area contributed by atoms with Crippen molar-refractivity contribution in [2.45, 2.75) is 5.41 Å². The van der Waals surface area contributed by atoms with Crippen LogP contribution in [-0.4, -0.2) is 13.4 Å². The van der Waals surface area contributed by atoms with Crippen molar-refractivity contribution < 1.29 is 0 Å². The Morgan fingerprint density at radius 3 is 0.930 bits per heavy atom. The van der Waals surface area contributed by atoms with E-state index in [2.05, 4.69) is 279 Å². The van der Waals surface area contributed by atoms with Crippen molar-refractivity contribution in [1.29, 1.82) is 0 Å². The topological polar surface area (TPSA) is 0 Å². The minimum atomic E-state index is -0.692. The molecule has 0 aromatic heterocycles. The third kappa shape index (κ3) is 6.48. The van der Waals surface area contributed by atoms with Crippen LogP contribution in [0.3, 0.4) is 0 Å². The Labute approximate surface area is 415 Å². The van der Waals surface area contributed by atoms with Crippen molar-refractivity contribution in [3.8, 4) is 11.1 Å². The molecule has 14 rings (SSSR count). The summed E-state index contributed by atoms with van der Waals surface area (Å²) < 4.78 is 0. The zero-order valence-corrected chi connectivity index (χ0v) is 39.2. The molecule has 0 radical (unpaired) electrons. The summed E-state index contributed by atoms with van der Waals surface area (Å²) in [6.07, 6.45) is 0. The highest BCUT2D eigenvalue weighted by Gasteiger charge is 2.48. The Balaban J connectivity index is 1.10. The van der Waals surface area contributed by atoms with Crippen molar-refractivity contribution in [3.05, 3.63) is 301 Å². The molecule has 0 nitrogen and oxygen atoms in total. The Bertz CT molecular complexity index is 3810. The fourth-order valence-corrected chi connectivity index (χ4v) is 12.8. The fraction of sp³-hybridized carbons (Fsp3) is 0.0145. The molecule has 13 aromatic rings. The Morgan fingerprint density at radius 1 is 0.225 bits per heavy atom. The van der Waals surface area contributed by atoms with Crippen molar-refractivity contribution in [2.75, 3.05) is 0 Å². The molecule has 0 unspecified atom stereocenters. The van der Waals surface area contributed by atoms with E-state index in [1.165, 1.54) is 120 Å². The van der Waals surface area contributed by atoms with Crippen LogP contribution in [0.1, 0.15) is 22.3 Å². The van der Waals surface area contributed by atoms with Gasteiger partial charge < -0.3 is 0 Å². The number of rotatable bonds is 8. The summed E-state index contributed by atoms with van der Waals surface area (Å²) in [6, 6.07) is 105. The van der Waals surface area contributed by atoms with E-state index in [4.69, 9.17) is 0 Å². The van der Waals surface area contributed by atoms with Crippen LogP contribution in [0.5, 0.6) is 0 Å². The summed E-state index contributed by atoms with van der Waals surface area (Å²) >= 11 is 0. The summed E-state index contributed by atoms with van der Waals surface area (Å²) in [4.78, 5) is 0. The lowest BCUT2D eigenvalue weighted by atomic mass is 9.35. The predicted molar refractivity (Wildman–Crippen MR) is 306 cm³/mol. The SMILES string of the molecule is c1ccc(C2(c3cccc4ccccc34)c3cc(B(c4cccc5ccccc45)c4cccc5ccccc45)ccc3-c3ccc(B(c4cccc5ccccc45)c4cccc5ccccc45)cc32)cc1. The second-order valence-electron chi connectivity index (χ2n) is 19.4. The normalized spacial score (nSPS) is 12.6. The first-order valence-corrected chi connectivity index (χ1v) is 25.0. The third-order valence-corrected chi connectivity index (χ3v) is 15.8. The van der Waals surface area contributed by atoms with E-state index in [0.717, 1.165) is 0 Å². The average molecular weight is 897 g/mol. The highest BCUT2D eigenvalue weighted by molar-refractivity contribution is 6.99. The van der Waals surface area contributed by atoms with Gasteiger partial charge in [0.15, 0.2) is 0 Å². The van der Waals surface area contributed by atoms with E-state index < -0.39 is 5.41 Å². The Morgan fingerprint density at radius 2 is 0.535 bits per heavy atom. The molecule has 1 aliphatic rings. The van der Waals surface area contributed by atoms with Crippen LogP contribution in [0.15, 0.2) is 279 Å². The minimum absolute atomic E-state index is 0.0557. The zero-order valence-electron chi connectivity index (χ0n) is 39.2. The molecule has 0 bridgehead atoms. The van der Waals surface area contributed by atoms with E-state index in [0.29, 0.717) is 0 Å². The molecule has 0 heterocycles. The summed E-state index contributed by atoms with van der Waals surface area (Å²) in [5, 5.41) is 12.6. The van der Waals surface area contributed by atoms with Crippen LogP contribution in [-0.2, 0) is 5.41 Å². The Hall–Kier alpha value is -8.71. The second-order valence-corrected chi connectivity index (χ2v) is 19.4. The maximum atomic E-state index is 2.60. The number of hydrogen-bond donors (Lipinski definition) is 0. The summed E-state index contributed by atoms with van der Waals surface area (Å²) in [5.41, 5.74) is 14.8. The average Bonchev–Trinajstić information content (AvgIpc) is 3.73.